The number of carboxylic acid groups (broad SMARTS) is 1. The second-order valence-electron chi connectivity index (χ2n) is 4.07. The number of nitrogens with one attached hydrogen (secondary N) is 1. The summed E-state index contributed by atoms with van der Waals surface area (Å²) in [5.41, 5.74) is 0.616. The Hall–Kier alpha value is -1.40. The SMILES string of the molecule is CCCNCc1cc(S(C)(=O)=O)ccc1C(=O)O. The van der Waals surface area contributed by atoms with Gasteiger partial charge in [0.2, 0.25) is 0 Å². The largest absolute Gasteiger partial charge is 0.478 e. The van der Waals surface area contributed by atoms with Gasteiger partial charge in [-0.15, -0.1) is 0 Å². The maximum Gasteiger partial charge on any atom is 0.336 e. The predicted octanol–water partition coefficient (Wildman–Crippen LogP) is 1.29. The summed E-state index contributed by atoms with van der Waals surface area (Å²) in [5, 5.41) is 12.1. The molecule has 5 nitrogen and oxygen atoms in total. The van der Waals surface area contributed by atoms with Crippen molar-refractivity contribution in [3.05, 3.63) is 29.3 Å². The van der Waals surface area contributed by atoms with Crippen molar-refractivity contribution in [2.24, 2.45) is 0 Å². The number of hydrogen-bond donors (Lipinski definition) is 2. The lowest BCUT2D eigenvalue weighted by Crippen LogP contribution is -2.17. The third-order valence-electron chi connectivity index (χ3n) is 2.48. The van der Waals surface area contributed by atoms with Crippen LogP contribution < -0.4 is 5.32 Å². The Kier molecular flexibility index (Phi) is 4.86. The van der Waals surface area contributed by atoms with Crippen molar-refractivity contribution in [3.8, 4) is 0 Å². The lowest BCUT2D eigenvalue weighted by atomic mass is 10.1. The predicted molar refractivity (Wildman–Crippen MR) is 68.5 cm³/mol. The van der Waals surface area contributed by atoms with Crippen LogP contribution in [0.4, 0.5) is 0 Å². The van der Waals surface area contributed by atoms with E-state index < -0.39 is 15.8 Å². The summed E-state index contributed by atoms with van der Waals surface area (Å²) < 4.78 is 22.9. The Morgan fingerprint density at radius 3 is 2.56 bits per heavy atom. The normalized spacial score (nSPS) is 11.4. The summed E-state index contributed by atoms with van der Waals surface area (Å²) in [7, 11) is -3.32. The fraction of sp³-hybridized carbons (Fsp3) is 0.417. The topological polar surface area (TPSA) is 83.5 Å². The third-order valence-corrected chi connectivity index (χ3v) is 3.59. The summed E-state index contributed by atoms with van der Waals surface area (Å²) in [6.07, 6.45) is 2.03. The molecule has 0 aliphatic carbocycles. The Morgan fingerprint density at radius 2 is 2.06 bits per heavy atom. The molecule has 0 spiro atoms. The van der Waals surface area contributed by atoms with Crippen molar-refractivity contribution in [1.29, 1.82) is 0 Å². The van der Waals surface area contributed by atoms with Crippen molar-refractivity contribution in [1.82, 2.24) is 5.32 Å². The molecule has 1 aromatic carbocycles. The number of carbonyl (C=O) groups is 1. The van der Waals surface area contributed by atoms with Crippen LogP contribution in [0.3, 0.4) is 0 Å². The van der Waals surface area contributed by atoms with Crippen LogP contribution in [0.15, 0.2) is 23.1 Å². The average molecular weight is 271 g/mol. The van der Waals surface area contributed by atoms with Crippen LogP contribution in [-0.2, 0) is 16.4 Å². The van der Waals surface area contributed by atoms with Gasteiger partial charge in [-0.1, -0.05) is 6.92 Å². The van der Waals surface area contributed by atoms with E-state index in [0.717, 1.165) is 19.2 Å². The summed E-state index contributed by atoms with van der Waals surface area (Å²) in [6.45, 7) is 3.10. The molecule has 0 saturated heterocycles. The van der Waals surface area contributed by atoms with E-state index in [1.807, 2.05) is 6.92 Å². The molecule has 0 fully saturated rings. The zero-order valence-corrected chi connectivity index (χ0v) is 11.3. The van der Waals surface area contributed by atoms with Gasteiger partial charge in [0.15, 0.2) is 9.84 Å². The van der Waals surface area contributed by atoms with E-state index in [-0.39, 0.29) is 10.5 Å². The second-order valence-corrected chi connectivity index (χ2v) is 6.09. The van der Waals surface area contributed by atoms with Crippen LogP contribution in [0.25, 0.3) is 0 Å². The van der Waals surface area contributed by atoms with Crippen LogP contribution in [0.1, 0.15) is 29.3 Å². The highest BCUT2D eigenvalue weighted by molar-refractivity contribution is 7.90. The van der Waals surface area contributed by atoms with Crippen molar-refractivity contribution >= 4 is 15.8 Å². The first kappa shape index (κ1) is 14.7. The minimum absolute atomic E-state index is 0.131. The Bertz CT molecular complexity index is 537. The maximum atomic E-state index is 11.4. The first-order valence-corrected chi connectivity index (χ1v) is 7.52. The molecule has 18 heavy (non-hydrogen) atoms. The molecule has 0 atom stereocenters. The van der Waals surface area contributed by atoms with Gasteiger partial charge in [-0.3, -0.25) is 0 Å². The number of rotatable bonds is 6. The lowest BCUT2D eigenvalue weighted by molar-refractivity contribution is 0.0695. The molecule has 0 unspecified atom stereocenters. The molecule has 0 aromatic heterocycles. The number of aromatic carboxylic acids is 1. The van der Waals surface area contributed by atoms with Crippen LogP contribution in [0.5, 0.6) is 0 Å². The van der Waals surface area contributed by atoms with E-state index in [4.69, 9.17) is 5.11 Å². The number of sulfone groups is 1. The van der Waals surface area contributed by atoms with Gasteiger partial charge in [0, 0.05) is 12.8 Å². The molecule has 0 bridgehead atoms. The van der Waals surface area contributed by atoms with Crippen LogP contribution in [-0.4, -0.2) is 32.3 Å². The highest BCUT2D eigenvalue weighted by Gasteiger charge is 2.14. The smallest absolute Gasteiger partial charge is 0.336 e. The van der Waals surface area contributed by atoms with Crippen LogP contribution in [0.2, 0.25) is 0 Å². The van der Waals surface area contributed by atoms with E-state index >= 15 is 0 Å². The quantitative estimate of drug-likeness (QED) is 0.762. The standard InChI is InChI=1S/C12H17NO4S/c1-3-6-13-8-9-7-10(18(2,16)17)4-5-11(9)12(14)15/h4-5,7,13H,3,6,8H2,1-2H3,(H,14,15). The van der Waals surface area contributed by atoms with E-state index in [2.05, 4.69) is 5.32 Å². The third kappa shape index (κ3) is 3.82. The summed E-state index contributed by atoms with van der Waals surface area (Å²) in [4.78, 5) is 11.2. The van der Waals surface area contributed by atoms with E-state index in [9.17, 15) is 13.2 Å². The Labute approximate surface area is 107 Å². The van der Waals surface area contributed by atoms with Crippen molar-refractivity contribution in [2.75, 3.05) is 12.8 Å². The summed E-state index contributed by atoms with van der Waals surface area (Å²) in [5.74, 6) is -1.05. The fourth-order valence-electron chi connectivity index (χ4n) is 1.56. The van der Waals surface area contributed by atoms with Crippen molar-refractivity contribution < 1.29 is 18.3 Å². The van der Waals surface area contributed by atoms with Gasteiger partial charge in [-0.25, -0.2) is 13.2 Å². The molecule has 0 aliphatic rings. The minimum atomic E-state index is -3.32. The zero-order valence-electron chi connectivity index (χ0n) is 10.4. The maximum absolute atomic E-state index is 11.4. The molecule has 0 amide bonds. The highest BCUT2D eigenvalue weighted by Crippen LogP contribution is 2.16. The van der Waals surface area contributed by atoms with Crippen molar-refractivity contribution in [2.45, 2.75) is 24.8 Å². The molecular weight excluding hydrogens is 254 g/mol. The van der Waals surface area contributed by atoms with Gasteiger partial charge >= 0.3 is 5.97 Å². The molecule has 1 rings (SSSR count). The zero-order chi connectivity index (χ0) is 13.8. The molecule has 0 radical (unpaired) electrons. The lowest BCUT2D eigenvalue weighted by Gasteiger charge is -2.09. The second kappa shape index (κ2) is 5.97. The monoisotopic (exact) mass is 271 g/mol. The van der Waals surface area contributed by atoms with Gasteiger partial charge in [0.25, 0.3) is 0 Å². The first-order chi connectivity index (χ1) is 8.36. The molecule has 6 heteroatoms. The number of carboxylic acids is 1. The van der Waals surface area contributed by atoms with E-state index in [1.165, 1.54) is 18.2 Å². The molecule has 0 aliphatic heterocycles. The number of benzene rings is 1. The van der Waals surface area contributed by atoms with Gasteiger partial charge < -0.3 is 10.4 Å². The van der Waals surface area contributed by atoms with Gasteiger partial charge in [-0.05, 0) is 36.7 Å². The van der Waals surface area contributed by atoms with E-state index in [1.54, 1.807) is 0 Å². The molecular formula is C12H17NO4S. The molecule has 1 aromatic rings. The molecule has 2 N–H and O–H groups in total. The average Bonchev–Trinajstić information content (AvgIpc) is 2.27. The van der Waals surface area contributed by atoms with Gasteiger partial charge in [0.1, 0.15) is 0 Å². The Morgan fingerprint density at radius 1 is 1.39 bits per heavy atom. The summed E-state index contributed by atoms with van der Waals surface area (Å²) in [6, 6.07) is 4.07. The van der Waals surface area contributed by atoms with Gasteiger partial charge in [0.05, 0.1) is 10.5 Å². The van der Waals surface area contributed by atoms with Crippen LogP contribution in [0, 0.1) is 0 Å². The highest BCUT2D eigenvalue weighted by atomic mass is 32.2. The molecule has 0 heterocycles. The molecule has 100 valence electrons. The minimum Gasteiger partial charge on any atom is -0.478 e. The Balaban J connectivity index is 3.12. The van der Waals surface area contributed by atoms with Crippen LogP contribution >= 0.6 is 0 Å². The summed E-state index contributed by atoms with van der Waals surface area (Å²) >= 11 is 0. The fourth-order valence-corrected chi connectivity index (χ4v) is 2.23. The number of hydrogen-bond acceptors (Lipinski definition) is 4. The van der Waals surface area contributed by atoms with E-state index in [0.29, 0.717) is 12.1 Å². The van der Waals surface area contributed by atoms with Crippen molar-refractivity contribution in [3.63, 3.8) is 0 Å². The van der Waals surface area contributed by atoms with Gasteiger partial charge in [-0.2, -0.15) is 0 Å². The molecule has 0 saturated carbocycles. The first-order valence-electron chi connectivity index (χ1n) is 5.63.